The van der Waals surface area contributed by atoms with Gasteiger partial charge < -0.3 is 15.8 Å². The van der Waals surface area contributed by atoms with Crippen molar-refractivity contribution in [3.8, 4) is 0 Å². The molecule has 3 N–H and O–H groups in total. The summed E-state index contributed by atoms with van der Waals surface area (Å²) in [6.45, 7) is 5.56. The number of amides is 1. The Labute approximate surface area is 109 Å². The predicted octanol–water partition coefficient (Wildman–Crippen LogP) is -0.373. The third kappa shape index (κ3) is 8.13. The van der Waals surface area contributed by atoms with Gasteiger partial charge in [-0.15, -0.1) is 24.8 Å². The highest BCUT2D eigenvalue weighted by molar-refractivity contribution is 5.85. The molecule has 0 aliphatic carbocycles. The summed E-state index contributed by atoms with van der Waals surface area (Å²) < 4.78 is 5.22. The van der Waals surface area contributed by atoms with Crippen LogP contribution in [0.15, 0.2) is 0 Å². The molecule has 1 saturated heterocycles. The Kier molecular flexibility index (Phi) is 13.1. The topological polar surface area (TPSA) is 67.6 Å². The Morgan fingerprint density at radius 3 is 2.50 bits per heavy atom. The van der Waals surface area contributed by atoms with E-state index in [0.29, 0.717) is 19.5 Å². The number of carbonyl (C=O) groups excluding carboxylic acids is 1. The first-order valence-electron chi connectivity index (χ1n) is 5.10. The molecule has 0 radical (unpaired) electrons. The number of carbonyl (C=O) groups is 1. The number of ether oxygens (including phenoxy) is 1. The minimum absolute atomic E-state index is 0. The van der Waals surface area contributed by atoms with E-state index in [1.807, 2.05) is 0 Å². The Morgan fingerprint density at radius 1 is 1.31 bits per heavy atom. The SMILES string of the molecule is Cl.Cl.NCCC(=O)NCCN1CCOCC1. The molecule has 1 rings (SSSR count). The second-order valence-corrected chi connectivity index (χ2v) is 3.34. The van der Waals surface area contributed by atoms with Gasteiger partial charge in [0, 0.05) is 39.1 Å². The maximum absolute atomic E-state index is 11.1. The Balaban J connectivity index is 0. The molecule has 98 valence electrons. The molecule has 0 aromatic rings. The molecule has 1 fully saturated rings. The molecule has 1 aliphatic heterocycles. The molecule has 7 heteroatoms. The van der Waals surface area contributed by atoms with Gasteiger partial charge in [-0.2, -0.15) is 0 Å². The summed E-state index contributed by atoms with van der Waals surface area (Å²) in [5.41, 5.74) is 5.26. The van der Waals surface area contributed by atoms with Crippen LogP contribution in [0.1, 0.15) is 6.42 Å². The van der Waals surface area contributed by atoms with Crippen molar-refractivity contribution in [2.24, 2.45) is 5.73 Å². The highest BCUT2D eigenvalue weighted by atomic mass is 35.5. The summed E-state index contributed by atoms with van der Waals surface area (Å²) in [5, 5.41) is 2.83. The molecule has 0 bridgehead atoms. The first kappa shape index (κ1) is 18.3. The number of nitrogens with one attached hydrogen (secondary N) is 1. The lowest BCUT2D eigenvalue weighted by molar-refractivity contribution is -0.120. The van der Waals surface area contributed by atoms with Crippen LogP contribution >= 0.6 is 24.8 Å². The minimum atomic E-state index is 0. The second kappa shape index (κ2) is 11.4. The second-order valence-electron chi connectivity index (χ2n) is 3.34. The third-order valence-corrected chi connectivity index (χ3v) is 2.23. The van der Waals surface area contributed by atoms with E-state index >= 15 is 0 Å². The molecule has 5 nitrogen and oxygen atoms in total. The van der Waals surface area contributed by atoms with E-state index in [1.165, 1.54) is 0 Å². The number of halogens is 2. The van der Waals surface area contributed by atoms with Crippen molar-refractivity contribution in [3.05, 3.63) is 0 Å². The number of nitrogens with two attached hydrogens (primary N) is 1. The molecule has 0 saturated carbocycles. The van der Waals surface area contributed by atoms with Crippen molar-refractivity contribution in [1.29, 1.82) is 0 Å². The third-order valence-electron chi connectivity index (χ3n) is 2.23. The highest BCUT2D eigenvalue weighted by Crippen LogP contribution is 1.94. The fourth-order valence-electron chi connectivity index (χ4n) is 1.40. The van der Waals surface area contributed by atoms with Crippen LogP contribution in [0.4, 0.5) is 0 Å². The van der Waals surface area contributed by atoms with E-state index in [0.717, 1.165) is 32.8 Å². The fourth-order valence-corrected chi connectivity index (χ4v) is 1.40. The standard InChI is InChI=1S/C9H19N3O2.2ClH/c10-2-1-9(13)11-3-4-12-5-7-14-8-6-12;;/h1-8,10H2,(H,11,13);2*1H. The summed E-state index contributed by atoms with van der Waals surface area (Å²) >= 11 is 0. The van der Waals surface area contributed by atoms with Crippen LogP contribution in [0.25, 0.3) is 0 Å². The van der Waals surface area contributed by atoms with Gasteiger partial charge in [-0.3, -0.25) is 9.69 Å². The van der Waals surface area contributed by atoms with E-state index in [2.05, 4.69) is 10.2 Å². The lowest BCUT2D eigenvalue weighted by Gasteiger charge is -2.26. The van der Waals surface area contributed by atoms with Crippen molar-refractivity contribution in [1.82, 2.24) is 10.2 Å². The van der Waals surface area contributed by atoms with Crippen LogP contribution in [-0.4, -0.2) is 56.7 Å². The van der Waals surface area contributed by atoms with E-state index in [4.69, 9.17) is 10.5 Å². The molecule has 0 spiro atoms. The zero-order chi connectivity index (χ0) is 10.2. The summed E-state index contributed by atoms with van der Waals surface area (Å²) in [6, 6.07) is 0. The van der Waals surface area contributed by atoms with Crippen molar-refractivity contribution in [2.45, 2.75) is 6.42 Å². The van der Waals surface area contributed by atoms with E-state index in [9.17, 15) is 4.79 Å². The maximum Gasteiger partial charge on any atom is 0.221 e. The van der Waals surface area contributed by atoms with E-state index in [-0.39, 0.29) is 30.7 Å². The summed E-state index contributed by atoms with van der Waals surface area (Å²) in [5.74, 6) is 0.0424. The van der Waals surface area contributed by atoms with Crippen molar-refractivity contribution < 1.29 is 9.53 Å². The lowest BCUT2D eigenvalue weighted by Crippen LogP contribution is -2.41. The van der Waals surface area contributed by atoms with Crippen LogP contribution in [0, 0.1) is 0 Å². The van der Waals surface area contributed by atoms with Gasteiger partial charge in [-0.1, -0.05) is 0 Å². The smallest absolute Gasteiger partial charge is 0.221 e. The molecule has 0 atom stereocenters. The maximum atomic E-state index is 11.1. The van der Waals surface area contributed by atoms with Crippen molar-refractivity contribution in [2.75, 3.05) is 45.9 Å². The average molecular weight is 274 g/mol. The monoisotopic (exact) mass is 273 g/mol. The van der Waals surface area contributed by atoms with E-state index in [1.54, 1.807) is 0 Å². The Hall–Kier alpha value is -0.0700. The Bertz CT molecular complexity index is 178. The van der Waals surface area contributed by atoms with Gasteiger partial charge >= 0.3 is 0 Å². The molecular weight excluding hydrogens is 253 g/mol. The van der Waals surface area contributed by atoms with Gasteiger partial charge in [0.15, 0.2) is 0 Å². The zero-order valence-corrected chi connectivity index (χ0v) is 10.9. The molecule has 1 amide bonds. The number of nitrogens with zero attached hydrogens (tertiary/aromatic N) is 1. The molecule has 0 unspecified atom stereocenters. The molecule has 16 heavy (non-hydrogen) atoms. The zero-order valence-electron chi connectivity index (χ0n) is 9.31. The van der Waals surface area contributed by atoms with Gasteiger partial charge in [-0.05, 0) is 0 Å². The summed E-state index contributed by atoms with van der Waals surface area (Å²) in [7, 11) is 0. The van der Waals surface area contributed by atoms with Crippen LogP contribution in [0.5, 0.6) is 0 Å². The number of morpholine rings is 1. The molecular formula is C9H21Cl2N3O2. The predicted molar refractivity (Wildman–Crippen MR) is 68.4 cm³/mol. The van der Waals surface area contributed by atoms with Crippen LogP contribution in [-0.2, 0) is 9.53 Å². The summed E-state index contributed by atoms with van der Waals surface area (Å²) in [6.07, 6.45) is 0.420. The van der Waals surface area contributed by atoms with Gasteiger partial charge in [0.25, 0.3) is 0 Å². The molecule has 1 aliphatic rings. The van der Waals surface area contributed by atoms with Crippen LogP contribution in [0.2, 0.25) is 0 Å². The van der Waals surface area contributed by atoms with Crippen LogP contribution in [0.3, 0.4) is 0 Å². The quantitative estimate of drug-likeness (QED) is 0.717. The lowest BCUT2D eigenvalue weighted by atomic mass is 10.4. The van der Waals surface area contributed by atoms with Gasteiger partial charge in [0.2, 0.25) is 5.91 Å². The first-order valence-corrected chi connectivity index (χ1v) is 5.10. The van der Waals surface area contributed by atoms with Crippen molar-refractivity contribution in [3.63, 3.8) is 0 Å². The summed E-state index contributed by atoms with van der Waals surface area (Å²) in [4.78, 5) is 13.3. The van der Waals surface area contributed by atoms with Crippen LogP contribution < -0.4 is 11.1 Å². The first-order chi connectivity index (χ1) is 6.83. The van der Waals surface area contributed by atoms with Gasteiger partial charge in [0.05, 0.1) is 13.2 Å². The average Bonchev–Trinajstić information content (AvgIpc) is 2.20. The fraction of sp³-hybridized carbons (Fsp3) is 0.889. The van der Waals surface area contributed by atoms with Gasteiger partial charge in [-0.25, -0.2) is 0 Å². The number of hydrogen-bond donors (Lipinski definition) is 2. The van der Waals surface area contributed by atoms with E-state index < -0.39 is 0 Å². The molecule has 0 aromatic carbocycles. The normalized spacial score (nSPS) is 15.8. The number of rotatable bonds is 5. The molecule has 0 aromatic heterocycles. The highest BCUT2D eigenvalue weighted by Gasteiger charge is 2.09. The van der Waals surface area contributed by atoms with Crippen molar-refractivity contribution >= 4 is 30.7 Å². The number of hydrogen-bond acceptors (Lipinski definition) is 4. The minimum Gasteiger partial charge on any atom is -0.379 e. The van der Waals surface area contributed by atoms with Gasteiger partial charge in [0.1, 0.15) is 0 Å². The molecule has 1 heterocycles. The Morgan fingerprint density at radius 2 is 1.94 bits per heavy atom. The largest absolute Gasteiger partial charge is 0.379 e.